The van der Waals surface area contributed by atoms with Crippen LogP contribution in [0.4, 0.5) is 0 Å². The zero-order chi connectivity index (χ0) is 16.9. The minimum atomic E-state index is -0.0654. The number of hydrogen-bond donors (Lipinski definition) is 0. The number of likely N-dealkylation sites (N-methyl/N-ethyl adjacent to an activating group) is 1. The van der Waals surface area contributed by atoms with Crippen LogP contribution in [-0.2, 0) is 29.0 Å². The number of carbonyl (C=O) groups excluding carboxylic acids is 1. The quantitative estimate of drug-likeness (QED) is 0.573. The van der Waals surface area contributed by atoms with Crippen LogP contribution in [0.2, 0.25) is 0 Å². The van der Waals surface area contributed by atoms with Crippen molar-refractivity contribution in [2.45, 2.75) is 52.1 Å². The molecular formula is C20H28N2O2. The van der Waals surface area contributed by atoms with Gasteiger partial charge in [0.05, 0.1) is 6.61 Å². The van der Waals surface area contributed by atoms with Crippen molar-refractivity contribution >= 4 is 16.9 Å². The SMILES string of the molecule is CCOC(=O)CCCCCn1c2c(c3ccccc31)CN(C)CC2. The number of hydrogen-bond acceptors (Lipinski definition) is 3. The van der Waals surface area contributed by atoms with E-state index in [9.17, 15) is 4.79 Å². The number of ether oxygens (including phenoxy) is 1. The molecule has 3 rings (SSSR count). The van der Waals surface area contributed by atoms with Gasteiger partial charge in [-0.2, -0.15) is 0 Å². The smallest absolute Gasteiger partial charge is 0.305 e. The summed E-state index contributed by atoms with van der Waals surface area (Å²) in [6.45, 7) is 5.56. The Morgan fingerprint density at radius 3 is 2.88 bits per heavy atom. The van der Waals surface area contributed by atoms with Gasteiger partial charge in [-0.05, 0) is 38.4 Å². The number of carbonyl (C=O) groups is 1. The van der Waals surface area contributed by atoms with E-state index in [0.29, 0.717) is 13.0 Å². The van der Waals surface area contributed by atoms with Crippen LogP contribution in [0, 0.1) is 0 Å². The molecule has 2 aromatic rings. The van der Waals surface area contributed by atoms with Crippen molar-refractivity contribution in [1.29, 1.82) is 0 Å². The van der Waals surface area contributed by atoms with E-state index in [0.717, 1.165) is 45.3 Å². The van der Waals surface area contributed by atoms with Crippen molar-refractivity contribution in [3.05, 3.63) is 35.5 Å². The highest BCUT2D eigenvalue weighted by atomic mass is 16.5. The molecule has 1 aromatic carbocycles. The lowest BCUT2D eigenvalue weighted by Gasteiger charge is -2.24. The van der Waals surface area contributed by atoms with Crippen LogP contribution in [0.15, 0.2) is 24.3 Å². The molecule has 24 heavy (non-hydrogen) atoms. The van der Waals surface area contributed by atoms with Crippen molar-refractivity contribution < 1.29 is 9.53 Å². The van der Waals surface area contributed by atoms with Gasteiger partial charge >= 0.3 is 5.97 Å². The lowest BCUT2D eigenvalue weighted by atomic mass is 10.1. The molecule has 0 fully saturated rings. The number of aromatic nitrogens is 1. The molecule has 0 amide bonds. The van der Waals surface area contributed by atoms with E-state index in [1.165, 1.54) is 22.2 Å². The van der Waals surface area contributed by atoms with Crippen LogP contribution in [0.5, 0.6) is 0 Å². The lowest BCUT2D eigenvalue weighted by molar-refractivity contribution is -0.143. The maximum atomic E-state index is 11.4. The number of para-hydroxylation sites is 1. The van der Waals surface area contributed by atoms with Gasteiger partial charge in [0.15, 0.2) is 0 Å². The topological polar surface area (TPSA) is 34.5 Å². The van der Waals surface area contributed by atoms with E-state index in [1.807, 2.05) is 6.92 Å². The molecule has 0 saturated heterocycles. The van der Waals surface area contributed by atoms with Gasteiger partial charge in [0.1, 0.15) is 0 Å². The number of rotatable bonds is 7. The Kier molecular flexibility index (Phi) is 5.56. The zero-order valence-corrected chi connectivity index (χ0v) is 14.9. The highest BCUT2D eigenvalue weighted by molar-refractivity contribution is 5.85. The molecule has 1 aliphatic rings. The van der Waals surface area contributed by atoms with Gasteiger partial charge in [0.25, 0.3) is 0 Å². The average Bonchev–Trinajstić information content (AvgIpc) is 2.88. The molecule has 0 N–H and O–H groups in total. The summed E-state index contributed by atoms with van der Waals surface area (Å²) in [7, 11) is 2.20. The van der Waals surface area contributed by atoms with E-state index in [1.54, 1.807) is 0 Å². The number of benzene rings is 1. The summed E-state index contributed by atoms with van der Waals surface area (Å²) in [5, 5.41) is 1.41. The second-order valence-corrected chi connectivity index (χ2v) is 6.70. The van der Waals surface area contributed by atoms with Crippen LogP contribution >= 0.6 is 0 Å². The van der Waals surface area contributed by atoms with Crippen LogP contribution in [0.25, 0.3) is 10.9 Å². The largest absolute Gasteiger partial charge is 0.466 e. The fraction of sp³-hybridized carbons (Fsp3) is 0.550. The predicted molar refractivity (Wildman–Crippen MR) is 97.1 cm³/mol. The van der Waals surface area contributed by atoms with Gasteiger partial charge in [-0.1, -0.05) is 24.6 Å². The number of unbranched alkanes of at least 4 members (excludes halogenated alkanes) is 2. The van der Waals surface area contributed by atoms with Crippen molar-refractivity contribution in [1.82, 2.24) is 9.47 Å². The molecule has 2 heterocycles. The first-order valence-corrected chi connectivity index (χ1v) is 9.14. The molecule has 0 radical (unpaired) electrons. The van der Waals surface area contributed by atoms with E-state index < -0.39 is 0 Å². The first-order valence-electron chi connectivity index (χ1n) is 9.14. The Hall–Kier alpha value is -1.81. The summed E-state index contributed by atoms with van der Waals surface area (Å²) in [4.78, 5) is 13.8. The number of nitrogens with zero attached hydrogens (tertiary/aromatic N) is 2. The van der Waals surface area contributed by atoms with Gasteiger partial charge in [0.2, 0.25) is 0 Å². The highest BCUT2D eigenvalue weighted by Gasteiger charge is 2.21. The van der Waals surface area contributed by atoms with E-state index in [2.05, 4.69) is 40.8 Å². The standard InChI is InChI=1S/C20H28N2O2/c1-3-24-20(23)11-5-4-8-13-22-18-10-7-6-9-16(18)17-15-21(2)14-12-19(17)22/h6-7,9-10H,3-5,8,11-15H2,1-2H3. The summed E-state index contributed by atoms with van der Waals surface area (Å²) in [6.07, 6.45) is 4.77. The first kappa shape index (κ1) is 17.0. The van der Waals surface area contributed by atoms with Crippen molar-refractivity contribution in [2.75, 3.05) is 20.2 Å². The molecule has 0 aliphatic carbocycles. The maximum Gasteiger partial charge on any atom is 0.305 e. The minimum Gasteiger partial charge on any atom is -0.466 e. The van der Waals surface area contributed by atoms with Crippen molar-refractivity contribution in [2.24, 2.45) is 0 Å². The Balaban J connectivity index is 1.66. The molecule has 1 aliphatic heterocycles. The molecule has 0 atom stereocenters. The third-order valence-electron chi connectivity index (χ3n) is 4.92. The third-order valence-corrected chi connectivity index (χ3v) is 4.92. The molecule has 4 nitrogen and oxygen atoms in total. The van der Waals surface area contributed by atoms with E-state index in [4.69, 9.17) is 4.74 Å². The second-order valence-electron chi connectivity index (χ2n) is 6.70. The Morgan fingerprint density at radius 1 is 1.21 bits per heavy atom. The monoisotopic (exact) mass is 328 g/mol. The number of fused-ring (bicyclic) bond motifs is 3. The number of esters is 1. The molecule has 0 unspecified atom stereocenters. The normalized spacial score (nSPS) is 14.8. The predicted octanol–water partition coefficient (Wildman–Crippen LogP) is 3.75. The van der Waals surface area contributed by atoms with E-state index >= 15 is 0 Å². The molecule has 0 bridgehead atoms. The summed E-state index contributed by atoms with van der Waals surface area (Å²) >= 11 is 0. The zero-order valence-electron chi connectivity index (χ0n) is 14.9. The first-order chi connectivity index (χ1) is 11.7. The third kappa shape index (κ3) is 3.64. The second kappa shape index (κ2) is 7.84. The molecule has 0 spiro atoms. The lowest BCUT2D eigenvalue weighted by Crippen LogP contribution is -2.27. The Labute approximate surface area is 144 Å². The Bertz CT molecular complexity index is 705. The van der Waals surface area contributed by atoms with Gasteiger partial charge in [-0.3, -0.25) is 4.79 Å². The van der Waals surface area contributed by atoms with E-state index in [-0.39, 0.29) is 5.97 Å². The molecule has 0 saturated carbocycles. The summed E-state index contributed by atoms with van der Waals surface area (Å²) in [5.74, 6) is -0.0654. The summed E-state index contributed by atoms with van der Waals surface area (Å²) in [5.41, 5.74) is 4.38. The van der Waals surface area contributed by atoms with Crippen molar-refractivity contribution in [3.63, 3.8) is 0 Å². The summed E-state index contributed by atoms with van der Waals surface area (Å²) < 4.78 is 7.50. The molecule has 130 valence electrons. The average molecular weight is 328 g/mol. The number of aryl methyl sites for hydroxylation is 1. The van der Waals surface area contributed by atoms with Crippen LogP contribution in [-0.4, -0.2) is 35.6 Å². The molecule has 4 heteroatoms. The van der Waals surface area contributed by atoms with Crippen LogP contribution < -0.4 is 0 Å². The fourth-order valence-electron chi connectivity index (χ4n) is 3.74. The van der Waals surface area contributed by atoms with Crippen molar-refractivity contribution in [3.8, 4) is 0 Å². The minimum absolute atomic E-state index is 0.0654. The van der Waals surface area contributed by atoms with Gasteiger partial charge in [-0.15, -0.1) is 0 Å². The summed E-state index contributed by atoms with van der Waals surface area (Å²) in [6, 6.07) is 8.77. The molecular weight excluding hydrogens is 300 g/mol. The fourth-order valence-corrected chi connectivity index (χ4v) is 3.74. The Morgan fingerprint density at radius 2 is 2.04 bits per heavy atom. The maximum absolute atomic E-state index is 11.4. The molecule has 1 aromatic heterocycles. The van der Waals surface area contributed by atoms with Gasteiger partial charge in [-0.25, -0.2) is 0 Å². The van der Waals surface area contributed by atoms with Gasteiger partial charge in [0, 0.05) is 49.1 Å². The van der Waals surface area contributed by atoms with Crippen LogP contribution in [0.3, 0.4) is 0 Å². The van der Waals surface area contributed by atoms with Gasteiger partial charge < -0.3 is 14.2 Å². The van der Waals surface area contributed by atoms with Crippen LogP contribution in [0.1, 0.15) is 43.9 Å². The highest BCUT2D eigenvalue weighted by Crippen LogP contribution is 2.30.